The standard InChI is InChI=1S/C13H22N4OS/c1-4-14-10-9-11(16-12(15-10)19-3)17-7-5-13(2,18)6-8-17/h9,18H,4-8H2,1-3H3,(H,14,15,16). The van der Waals surface area contributed by atoms with Crippen LogP contribution in [-0.2, 0) is 0 Å². The monoisotopic (exact) mass is 282 g/mol. The number of hydrogen-bond acceptors (Lipinski definition) is 6. The van der Waals surface area contributed by atoms with E-state index in [1.807, 2.05) is 19.2 Å². The van der Waals surface area contributed by atoms with Crippen LogP contribution in [0.5, 0.6) is 0 Å². The number of anilines is 2. The Morgan fingerprint density at radius 3 is 2.68 bits per heavy atom. The summed E-state index contributed by atoms with van der Waals surface area (Å²) >= 11 is 1.55. The molecule has 2 rings (SSSR count). The van der Waals surface area contributed by atoms with Gasteiger partial charge in [-0.1, -0.05) is 11.8 Å². The molecule has 2 N–H and O–H groups in total. The maximum absolute atomic E-state index is 10.0. The average Bonchev–Trinajstić information content (AvgIpc) is 2.38. The minimum Gasteiger partial charge on any atom is -0.390 e. The minimum absolute atomic E-state index is 0.531. The van der Waals surface area contributed by atoms with Crippen molar-refractivity contribution in [3.05, 3.63) is 6.07 Å². The number of hydrogen-bond donors (Lipinski definition) is 2. The van der Waals surface area contributed by atoms with Crippen molar-refractivity contribution in [2.75, 3.05) is 36.1 Å². The van der Waals surface area contributed by atoms with Crippen LogP contribution in [0, 0.1) is 0 Å². The first-order valence-corrected chi connectivity index (χ1v) is 7.91. The van der Waals surface area contributed by atoms with E-state index in [4.69, 9.17) is 0 Å². The highest BCUT2D eigenvalue weighted by atomic mass is 32.2. The predicted molar refractivity (Wildman–Crippen MR) is 80.0 cm³/mol. The van der Waals surface area contributed by atoms with Crippen LogP contribution in [0.15, 0.2) is 11.2 Å². The molecule has 1 aromatic heterocycles. The highest BCUT2D eigenvalue weighted by Gasteiger charge is 2.28. The van der Waals surface area contributed by atoms with Crippen LogP contribution in [0.4, 0.5) is 11.6 Å². The minimum atomic E-state index is -0.531. The molecule has 0 aliphatic carbocycles. The van der Waals surface area contributed by atoms with E-state index in [2.05, 4.69) is 27.1 Å². The van der Waals surface area contributed by atoms with Gasteiger partial charge in [0.25, 0.3) is 0 Å². The van der Waals surface area contributed by atoms with Crippen molar-refractivity contribution < 1.29 is 5.11 Å². The first-order valence-electron chi connectivity index (χ1n) is 6.68. The SMILES string of the molecule is CCNc1cc(N2CCC(C)(O)CC2)nc(SC)n1. The van der Waals surface area contributed by atoms with Crippen molar-refractivity contribution in [2.24, 2.45) is 0 Å². The molecule has 19 heavy (non-hydrogen) atoms. The summed E-state index contributed by atoms with van der Waals surface area (Å²) in [5.41, 5.74) is -0.531. The van der Waals surface area contributed by atoms with Crippen LogP contribution in [0.25, 0.3) is 0 Å². The van der Waals surface area contributed by atoms with Crippen molar-refractivity contribution in [1.29, 1.82) is 0 Å². The molecule has 1 fully saturated rings. The van der Waals surface area contributed by atoms with Crippen molar-refractivity contribution in [3.8, 4) is 0 Å². The number of rotatable bonds is 4. The zero-order chi connectivity index (χ0) is 13.9. The Hall–Kier alpha value is -1.01. The molecule has 0 unspecified atom stereocenters. The summed E-state index contributed by atoms with van der Waals surface area (Å²) < 4.78 is 0. The summed E-state index contributed by atoms with van der Waals surface area (Å²) in [7, 11) is 0. The van der Waals surface area contributed by atoms with Gasteiger partial charge in [-0.3, -0.25) is 0 Å². The highest BCUT2D eigenvalue weighted by Crippen LogP contribution is 2.27. The van der Waals surface area contributed by atoms with Crippen molar-refractivity contribution in [1.82, 2.24) is 9.97 Å². The molecule has 5 nitrogen and oxygen atoms in total. The topological polar surface area (TPSA) is 61.3 Å². The molecule has 1 saturated heterocycles. The van der Waals surface area contributed by atoms with Crippen molar-refractivity contribution in [2.45, 2.75) is 37.4 Å². The molecule has 0 atom stereocenters. The van der Waals surface area contributed by atoms with Gasteiger partial charge in [0.2, 0.25) is 0 Å². The van der Waals surface area contributed by atoms with E-state index >= 15 is 0 Å². The van der Waals surface area contributed by atoms with Gasteiger partial charge >= 0.3 is 0 Å². The Balaban J connectivity index is 2.17. The quantitative estimate of drug-likeness (QED) is 0.650. The Morgan fingerprint density at radius 2 is 2.11 bits per heavy atom. The second-order valence-corrected chi connectivity index (χ2v) is 5.89. The molecule has 6 heteroatoms. The first kappa shape index (κ1) is 14.4. The number of piperidine rings is 1. The van der Waals surface area contributed by atoms with Crippen LogP contribution in [0.3, 0.4) is 0 Å². The fourth-order valence-electron chi connectivity index (χ4n) is 2.16. The molecular formula is C13H22N4OS. The van der Waals surface area contributed by atoms with Crippen LogP contribution >= 0.6 is 11.8 Å². The van der Waals surface area contributed by atoms with E-state index in [1.54, 1.807) is 11.8 Å². The van der Waals surface area contributed by atoms with Crippen molar-refractivity contribution >= 4 is 23.4 Å². The Kier molecular flexibility index (Phi) is 4.52. The second-order valence-electron chi connectivity index (χ2n) is 5.11. The fourth-order valence-corrected chi connectivity index (χ4v) is 2.53. The predicted octanol–water partition coefficient (Wildman–Crippen LogP) is 1.98. The first-order chi connectivity index (χ1) is 9.04. The van der Waals surface area contributed by atoms with Gasteiger partial charge in [0.05, 0.1) is 5.60 Å². The molecule has 1 aromatic rings. The number of nitrogens with zero attached hydrogens (tertiary/aromatic N) is 3. The maximum Gasteiger partial charge on any atom is 0.191 e. The summed E-state index contributed by atoms with van der Waals surface area (Å²) in [4.78, 5) is 11.2. The molecule has 1 aliphatic rings. The summed E-state index contributed by atoms with van der Waals surface area (Å²) in [6.07, 6.45) is 3.54. The molecule has 2 heterocycles. The third-order valence-corrected chi connectivity index (χ3v) is 3.94. The van der Waals surface area contributed by atoms with E-state index < -0.39 is 5.60 Å². The van der Waals surface area contributed by atoms with E-state index in [-0.39, 0.29) is 0 Å². The lowest BCUT2D eigenvalue weighted by Gasteiger charge is -2.36. The molecule has 1 aliphatic heterocycles. The zero-order valence-electron chi connectivity index (χ0n) is 11.8. The second kappa shape index (κ2) is 5.96. The fraction of sp³-hybridized carbons (Fsp3) is 0.692. The Bertz CT molecular complexity index is 429. The van der Waals surface area contributed by atoms with Crippen LogP contribution in [0.1, 0.15) is 26.7 Å². The maximum atomic E-state index is 10.0. The van der Waals surface area contributed by atoms with Gasteiger partial charge in [-0.25, -0.2) is 9.97 Å². The van der Waals surface area contributed by atoms with Crippen LogP contribution in [0.2, 0.25) is 0 Å². The summed E-state index contributed by atoms with van der Waals surface area (Å²) in [5, 5.41) is 14.0. The van der Waals surface area contributed by atoms with Gasteiger partial charge in [0.1, 0.15) is 11.6 Å². The van der Waals surface area contributed by atoms with E-state index in [0.717, 1.165) is 49.3 Å². The lowest BCUT2D eigenvalue weighted by atomic mass is 9.94. The number of aliphatic hydroxyl groups is 1. The van der Waals surface area contributed by atoms with Crippen LogP contribution in [-0.4, -0.2) is 46.6 Å². The Morgan fingerprint density at radius 1 is 1.42 bits per heavy atom. The molecule has 0 spiro atoms. The number of aromatic nitrogens is 2. The zero-order valence-corrected chi connectivity index (χ0v) is 12.6. The normalized spacial score (nSPS) is 18.4. The number of nitrogens with one attached hydrogen (secondary N) is 1. The summed E-state index contributed by atoms with van der Waals surface area (Å²) in [6.45, 7) is 6.48. The van der Waals surface area contributed by atoms with Gasteiger partial charge in [-0.15, -0.1) is 0 Å². The molecule has 0 aromatic carbocycles. The number of thioether (sulfide) groups is 1. The third-order valence-electron chi connectivity index (χ3n) is 3.40. The van der Waals surface area contributed by atoms with Crippen LogP contribution < -0.4 is 10.2 Å². The van der Waals surface area contributed by atoms with Gasteiger partial charge in [-0.05, 0) is 32.9 Å². The van der Waals surface area contributed by atoms with E-state index in [1.165, 1.54) is 0 Å². The lowest BCUT2D eigenvalue weighted by molar-refractivity contribution is 0.0350. The van der Waals surface area contributed by atoms with Gasteiger partial charge in [0, 0.05) is 25.7 Å². The van der Waals surface area contributed by atoms with E-state index in [0.29, 0.717) is 0 Å². The van der Waals surface area contributed by atoms with E-state index in [9.17, 15) is 5.11 Å². The summed E-state index contributed by atoms with van der Waals surface area (Å²) in [6, 6.07) is 1.99. The molecule has 106 valence electrons. The van der Waals surface area contributed by atoms with Gasteiger partial charge in [0.15, 0.2) is 5.16 Å². The van der Waals surface area contributed by atoms with Gasteiger partial charge in [-0.2, -0.15) is 0 Å². The molecule has 0 radical (unpaired) electrons. The molecule has 0 saturated carbocycles. The van der Waals surface area contributed by atoms with Crippen molar-refractivity contribution in [3.63, 3.8) is 0 Å². The lowest BCUT2D eigenvalue weighted by Crippen LogP contribution is -2.42. The molecular weight excluding hydrogens is 260 g/mol. The summed E-state index contributed by atoms with van der Waals surface area (Å²) in [5.74, 6) is 1.82. The third kappa shape index (κ3) is 3.73. The average molecular weight is 282 g/mol. The molecule has 0 bridgehead atoms. The van der Waals surface area contributed by atoms with Gasteiger partial charge < -0.3 is 15.3 Å². The Labute approximate surface area is 118 Å². The molecule has 0 amide bonds. The smallest absolute Gasteiger partial charge is 0.191 e. The highest BCUT2D eigenvalue weighted by molar-refractivity contribution is 7.98. The largest absolute Gasteiger partial charge is 0.390 e.